The van der Waals surface area contributed by atoms with Crippen molar-refractivity contribution in [2.75, 3.05) is 26.2 Å². The van der Waals surface area contributed by atoms with Crippen molar-refractivity contribution < 1.29 is 14.7 Å². The summed E-state index contributed by atoms with van der Waals surface area (Å²) >= 11 is 0. The summed E-state index contributed by atoms with van der Waals surface area (Å²) in [5.74, 6) is -0.0102. The van der Waals surface area contributed by atoms with E-state index >= 15 is 0 Å². The molecule has 2 amide bonds. The Bertz CT molecular complexity index is 256. The second kappa shape index (κ2) is 5.40. The van der Waals surface area contributed by atoms with Crippen LogP contribution >= 0.6 is 0 Å². The molecule has 0 aromatic heterocycles. The molecule has 1 atom stereocenters. The lowest BCUT2D eigenvalue weighted by Crippen LogP contribution is -2.53. The maximum atomic E-state index is 11.5. The lowest BCUT2D eigenvalue weighted by atomic mass is 10.2. The summed E-state index contributed by atoms with van der Waals surface area (Å²) in [6, 6.07) is -0.156. The molecule has 1 saturated heterocycles. The monoisotopic (exact) mass is 216 g/mol. The normalized spacial score (nSPS) is 22.6. The summed E-state index contributed by atoms with van der Waals surface area (Å²) in [6.07, 6.45) is -0.522. The van der Waals surface area contributed by atoms with Crippen molar-refractivity contribution in [2.45, 2.75) is 13.0 Å². The minimum atomic E-state index is -0.522. The molecule has 15 heavy (non-hydrogen) atoms. The van der Waals surface area contributed by atoms with Gasteiger partial charge in [0.1, 0.15) is 6.10 Å². The first kappa shape index (κ1) is 11.6. The second-order valence-corrected chi connectivity index (χ2v) is 3.17. The number of nitrogens with zero attached hydrogens (tertiary/aromatic N) is 2. The average molecular weight is 216 g/mol. The zero-order chi connectivity index (χ0) is 11.3. The molecule has 1 rings (SSSR count). The fourth-order valence-electron chi connectivity index (χ4n) is 1.34. The molecular weight excluding hydrogens is 200 g/mol. The van der Waals surface area contributed by atoms with Gasteiger partial charge >= 0.3 is 6.03 Å². The number of oxime groups is 1. The Morgan fingerprint density at radius 3 is 3.13 bits per heavy atom. The van der Waals surface area contributed by atoms with Crippen LogP contribution in [-0.4, -0.2) is 54.3 Å². The van der Waals surface area contributed by atoms with Crippen molar-refractivity contribution in [1.29, 1.82) is 0 Å². The smallest absolute Gasteiger partial charge is 0.317 e. The van der Waals surface area contributed by atoms with Gasteiger partial charge in [-0.1, -0.05) is 5.16 Å². The minimum Gasteiger partial charge on any atom is -0.409 e. The highest BCUT2D eigenvalue weighted by Crippen LogP contribution is 2.05. The van der Waals surface area contributed by atoms with E-state index in [0.717, 1.165) is 0 Å². The molecule has 0 spiro atoms. The number of amides is 2. The van der Waals surface area contributed by atoms with Crippen LogP contribution in [0.1, 0.15) is 6.92 Å². The summed E-state index contributed by atoms with van der Waals surface area (Å²) in [5, 5.41) is 14.0. The zero-order valence-corrected chi connectivity index (χ0v) is 8.64. The van der Waals surface area contributed by atoms with E-state index in [9.17, 15) is 4.79 Å². The number of carbonyl (C=O) groups excluding carboxylic acids is 1. The third kappa shape index (κ3) is 2.98. The summed E-state index contributed by atoms with van der Waals surface area (Å²) in [7, 11) is 0. The maximum Gasteiger partial charge on any atom is 0.317 e. The van der Waals surface area contributed by atoms with Crippen molar-refractivity contribution in [3.63, 3.8) is 0 Å². The van der Waals surface area contributed by atoms with E-state index < -0.39 is 6.10 Å². The highest BCUT2D eigenvalue weighted by atomic mass is 16.5. The van der Waals surface area contributed by atoms with Crippen LogP contribution in [0.3, 0.4) is 0 Å². The Morgan fingerprint density at radius 1 is 1.80 bits per heavy atom. The molecule has 7 heteroatoms. The predicted molar refractivity (Wildman–Crippen MR) is 53.8 cm³/mol. The third-order valence-electron chi connectivity index (χ3n) is 2.13. The summed E-state index contributed by atoms with van der Waals surface area (Å²) in [4.78, 5) is 13.0. The number of amidine groups is 1. The molecule has 0 aliphatic carbocycles. The van der Waals surface area contributed by atoms with Crippen LogP contribution in [0.5, 0.6) is 0 Å². The number of carbonyl (C=O) groups is 1. The molecule has 1 fully saturated rings. The molecule has 86 valence electrons. The van der Waals surface area contributed by atoms with E-state index in [2.05, 4.69) is 10.5 Å². The molecule has 1 aliphatic rings. The third-order valence-corrected chi connectivity index (χ3v) is 2.13. The first-order valence-corrected chi connectivity index (χ1v) is 4.80. The van der Waals surface area contributed by atoms with Crippen molar-refractivity contribution in [2.24, 2.45) is 10.9 Å². The maximum absolute atomic E-state index is 11.5. The highest BCUT2D eigenvalue weighted by molar-refractivity contribution is 5.85. The quantitative estimate of drug-likeness (QED) is 0.242. The number of ether oxygens (including phenoxy) is 1. The number of urea groups is 1. The van der Waals surface area contributed by atoms with Gasteiger partial charge in [0.15, 0.2) is 5.84 Å². The van der Waals surface area contributed by atoms with Gasteiger partial charge in [0.05, 0.1) is 13.2 Å². The molecule has 1 aliphatic heterocycles. The Morgan fingerprint density at radius 2 is 2.53 bits per heavy atom. The van der Waals surface area contributed by atoms with Crippen LogP contribution in [0.2, 0.25) is 0 Å². The van der Waals surface area contributed by atoms with Gasteiger partial charge in [0, 0.05) is 13.1 Å². The van der Waals surface area contributed by atoms with E-state index in [-0.39, 0.29) is 11.9 Å². The molecule has 1 heterocycles. The second-order valence-electron chi connectivity index (χ2n) is 3.17. The highest BCUT2D eigenvalue weighted by Gasteiger charge is 2.26. The van der Waals surface area contributed by atoms with Crippen LogP contribution in [0, 0.1) is 0 Å². The molecular formula is C8H16N4O3. The van der Waals surface area contributed by atoms with Crippen molar-refractivity contribution in [3.05, 3.63) is 0 Å². The van der Waals surface area contributed by atoms with E-state index in [1.165, 1.54) is 0 Å². The van der Waals surface area contributed by atoms with Crippen molar-refractivity contribution >= 4 is 11.9 Å². The summed E-state index contributed by atoms with van der Waals surface area (Å²) in [5.41, 5.74) is 5.40. The number of nitrogens with one attached hydrogen (secondary N) is 1. The van der Waals surface area contributed by atoms with Crippen molar-refractivity contribution in [1.82, 2.24) is 10.2 Å². The van der Waals surface area contributed by atoms with E-state index in [1.54, 1.807) is 4.90 Å². The summed E-state index contributed by atoms with van der Waals surface area (Å²) in [6.45, 7) is 3.63. The fourth-order valence-corrected chi connectivity index (χ4v) is 1.34. The molecule has 1 unspecified atom stereocenters. The number of hydrogen-bond donors (Lipinski definition) is 3. The first-order valence-electron chi connectivity index (χ1n) is 4.80. The van der Waals surface area contributed by atoms with Gasteiger partial charge in [-0.25, -0.2) is 4.79 Å². The van der Waals surface area contributed by atoms with E-state index in [0.29, 0.717) is 26.2 Å². The number of hydrogen-bond acceptors (Lipinski definition) is 4. The van der Waals surface area contributed by atoms with Gasteiger partial charge < -0.3 is 25.9 Å². The number of rotatable bonds is 2. The molecule has 0 radical (unpaired) electrons. The summed E-state index contributed by atoms with van der Waals surface area (Å²) < 4.78 is 5.25. The molecule has 4 N–H and O–H groups in total. The van der Waals surface area contributed by atoms with E-state index in [4.69, 9.17) is 15.7 Å². The van der Waals surface area contributed by atoms with Gasteiger partial charge in [-0.05, 0) is 6.92 Å². The SMILES string of the molecule is CCNC(=O)N1CCOC(C(N)=NO)C1. The van der Waals surface area contributed by atoms with Crippen molar-refractivity contribution in [3.8, 4) is 0 Å². The van der Waals surface area contributed by atoms with Crippen LogP contribution < -0.4 is 11.1 Å². The molecule has 7 nitrogen and oxygen atoms in total. The van der Waals surface area contributed by atoms with Gasteiger partial charge in [-0.15, -0.1) is 0 Å². The Balaban J connectivity index is 2.52. The number of morpholine rings is 1. The van der Waals surface area contributed by atoms with Gasteiger partial charge in [0.25, 0.3) is 0 Å². The Labute approximate surface area is 87.9 Å². The largest absolute Gasteiger partial charge is 0.409 e. The standard InChI is InChI=1S/C8H16N4O3/c1-2-10-8(13)12-3-4-15-6(5-12)7(9)11-14/h6,14H,2-5H2,1H3,(H2,9,11)(H,10,13). The van der Waals surface area contributed by atoms with Gasteiger partial charge in [-0.2, -0.15) is 0 Å². The minimum absolute atomic E-state index is 0.0102. The van der Waals surface area contributed by atoms with E-state index in [1.807, 2.05) is 6.92 Å². The molecule has 0 saturated carbocycles. The molecule has 0 bridgehead atoms. The first-order chi connectivity index (χ1) is 7.19. The topological polar surface area (TPSA) is 100 Å². The molecule has 0 aromatic rings. The Kier molecular flexibility index (Phi) is 4.17. The van der Waals surface area contributed by atoms with Crippen LogP contribution in [0.15, 0.2) is 5.16 Å². The van der Waals surface area contributed by atoms with Gasteiger partial charge in [0.2, 0.25) is 0 Å². The fraction of sp³-hybridized carbons (Fsp3) is 0.750. The van der Waals surface area contributed by atoms with Crippen LogP contribution in [-0.2, 0) is 4.74 Å². The van der Waals surface area contributed by atoms with Gasteiger partial charge in [-0.3, -0.25) is 0 Å². The molecule has 0 aromatic carbocycles. The number of nitrogens with two attached hydrogens (primary N) is 1. The van der Waals surface area contributed by atoms with Crippen LogP contribution in [0.25, 0.3) is 0 Å². The lowest BCUT2D eigenvalue weighted by molar-refractivity contribution is 0.0199. The van der Waals surface area contributed by atoms with Crippen LogP contribution in [0.4, 0.5) is 4.79 Å². The zero-order valence-electron chi connectivity index (χ0n) is 8.64. The lowest BCUT2D eigenvalue weighted by Gasteiger charge is -2.32. The predicted octanol–water partition coefficient (Wildman–Crippen LogP) is -0.837. The Hall–Kier alpha value is -1.50. The average Bonchev–Trinajstić information content (AvgIpc) is 2.28.